The molecule has 0 saturated carbocycles. The summed E-state index contributed by atoms with van der Waals surface area (Å²) in [4.78, 5) is 24.8. The Bertz CT molecular complexity index is 971. The highest BCUT2D eigenvalue weighted by molar-refractivity contribution is 7.89. The molecule has 2 fully saturated rings. The van der Waals surface area contributed by atoms with Crippen LogP contribution in [0.3, 0.4) is 0 Å². The Morgan fingerprint density at radius 2 is 1.55 bits per heavy atom. The van der Waals surface area contributed by atoms with Crippen LogP contribution in [0.1, 0.15) is 25.7 Å². The summed E-state index contributed by atoms with van der Waals surface area (Å²) in [6, 6.07) is 0. The predicted molar refractivity (Wildman–Crippen MR) is 103 cm³/mol. The lowest BCUT2D eigenvalue weighted by Gasteiger charge is -2.26. The summed E-state index contributed by atoms with van der Waals surface area (Å²) in [5.74, 6) is -1.05. The largest absolute Gasteiger partial charge is 0.282 e. The molecule has 2 aliphatic heterocycles. The minimum atomic E-state index is -3.75. The van der Waals surface area contributed by atoms with E-state index in [9.17, 15) is 26.4 Å². The van der Waals surface area contributed by atoms with Gasteiger partial charge in [-0.05, 0) is 12.8 Å². The maximum absolute atomic E-state index is 12.7. The summed E-state index contributed by atoms with van der Waals surface area (Å²) >= 11 is 0. The molecule has 3 heterocycles. The van der Waals surface area contributed by atoms with Crippen molar-refractivity contribution in [3.8, 4) is 0 Å². The Hall–Kier alpha value is -1.83. The SMILES string of the molecule is Cn1cc(S(=O)(=O)N2CCCN(S(=O)(=O)CCN3C(=O)CCCC3=O)CC2)cn1. The van der Waals surface area contributed by atoms with Gasteiger partial charge < -0.3 is 0 Å². The summed E-state index contributed by atoms with van der Waals surface area (Å²) in [5, 5.41) is 3.88. The summed E-state index contributed by atoms with van der Waals surface area (Å²) in [5.41, 5.74) is 0. The number of hydrogen-bond donors (Lipinski definition) is 0. The maximum Gasteiger partial charge on any atom is 0.246 e. The van der Waals surface area contributed by atoms with E-state index in [0.29, 0.717) is 12.8 Å². The Balaban J connectivity index is 1.63. The second-order valence-electron chi connectivity index (χ2n) is 7.12. The quantitative estimate of drug-likeness (QED) is 0.511. The number of piperidine rings is 1. The van der Waals surface area contributed by atoms with Crippen molar-refractivity contribution in [3.63, 3.8) is 0 Å². The van der Waals surface area contributed by atoms with Gasteiger partial charge in [-0.25, -0.2) is 21.1 Å². The third-order valence-electron chi connectivity index (χ3n) is 5.08. The van der Waals surface area contributed by atoms with E-state index >= 15 is 0 Å². The number of carbonyl (C=O) groups is 2. The molecule has 2 amide bonds. The van der Waals surface area contributed by atoms with Gasteiger partial charge in [0.25, 0.3) is 0 Å². The van der Waals surface area contributed by atoms with Crippen molar-refractivity contribution in [3.05, 3.63) is 12.4 Å². The van der Waals surface area contributed by atoms with Crippen molar-refractivity contribution in [1.29, 1.82) is 0 Å². The van der Waals surface area contributed by atoms with Crippen LogP contribution in [-0.2, 0) is 36.7 Å². The Morgan fingerprint density at radius 1 is 0.931 bits per heavy atom. The lowest BCUT2D eigenvalue weighted by atomic mass is 10.1. The van der Waals surface area contributed by atoms with E-state index < -0.39 is 20.0 Å². The summed E-state index contributed by atoms with van der Waals surface area (Å²) in [6.07, 6.45) is 4.00. The first-order valence-electron chi connectivity index (χ1n) is 9.41. The molecular weight excluding hydrogens is 422 g/mol. The first-order chi connectivity index (χ1) is 13.6. The van der Waals surface area contributed by atoms with E-state index in [1.807, 2.05) is 0 Å². The standard InChI is InChI=1S/C16H25N5O6S2/c1-18-13-14(12-17-18)29(26,27)20-7-3-6-19(8-9-20)28(24,25)11-10-21-15(22)4-2-5-16(21)23/h12-13H,2-11H2,1H3. The number of aryl methyl sites for hydroxylation is 1. The van der Waals surface area contributed by atoms with Crippen molar-refractivity contribution in [2.75, 3.05) is 38.5 Å². The van der Waals surface area contributed by atoms with E-state index in [-0.39, 0.29) is 68.0 Å². The van der Waals surface area contributed by atoms with Crippen molar-refractivity contribution in [1.82, 2.24) is 23.3 Å². The van der Waals surface area contributed by atoms with Gasteiger partial charge in [-0.2, -0.15) is 9.40 Å². The fraction of sp³-hybridized carbons (Fsp3) is 0.688. The van der Waals surface area contributed by atoms with Crippen LogP contribution in [0, 0.1) is 0 Å². The Morgan fingerprint density at radius 3 is 2.17 bits per heavy atom. The van der Waals surface area contributed by atoms with Crippen molar-refractivity contribution >= 4 is 31.9 Å². The number of rotatable bonds is 6. The van der Waals surface area contributed by atoms with Crippen LogP contribution in [0.5, 0.6) is 0 Å². The summed E-state index contributed by atoms with van der Waals surface area (Å²) in [7, 11) is -5.86. The first-order valence-corrected chi connectivity index (χ1v) is 12.5. The van der Waals surface area contributed by atoms with Gasteiger partial charge >= 0.3 is 0 Å². The van der Waals surface area contributed by atoms with E-state index in [0.717, 1.165) is 4.90 Å². The molecule has 0 bridgehead atoms. The molecule has 0 aromatic carbocycles. The monoisotopic (exact) mass is 447 g/mol. The number of likely N-dealkylation sites (tertiary alicyclic amines) is 1. The fourth-order valence-electron chi connectivity index (χ4n) is 3.45. The van der Waals surface area contributed by atoms with Crippen LogP contribution in [0.4, 0.5) is 0 Å². The zero-order chi connectivity index (χ0) is 21.2. The normalized spacial score (nSPS) is 20.8. The third kappa shape index (κ3) is 4.85. The Kier molecular flexibility index (Phi) is 6.41. The molecule has 162 valence electrons. The molecule has 2 aliphatic rings. The third-order valence-corrected chi connectivity index (χ3v) is 8.78. The predicted octanol–water partition coefficient (Wildman–Crippen LogP) is -1.01. The van der Waals surface area contributed by atoms with E-state index in [1.165, 1.54) is 25.7 Å². The lowest BCUT2D eigenvalue weighted by Crippen LogP contribution is -2.45. The second-order valence-corrected chi connectivity index (χ2v) is 11.1. The molecule has 0 atom stereocenters. The average Bonchev–Trinajstić information content (AvgIpc) is 2.93. The van der Waals surface area contributed by atoms with E-state index in [4.69, 9.17) is 0 Å². The molecular formula is C16H25N5O6S2. The molecule has 29 heavy (non-hydrogen) atoms. The highest BCUT2D eigenvalue weighted by Crippen LogP contribution is 2.19. The molecule has 2 saturated heterocycles. The highest BCUT2D eigenvalue weighted by atomic mass is 32.2. The zero-order valence-corrected chi connectivity index (χ0v) is 17.9. The molecule has 3 rings (SSSR count). The van der Waals surface area contributed by atoms with Crippen LogP contribution >= 0.6 is 0 Å². The number of amides is 2. The van der Waals surface area contributed by atoms with Crippen LogP contribution in [0.15, 0.2) is 17.3 Å². The molecule has 0 N–H and O–H groups in total. The number of carbonyl (C=O) groups excluding carboxylic acids is 2. The molecule has 0 unspecified atom stereocenters. The van der Waals surface area contributed by atoms with Gasteiger partial charge in [-0.1, -0.05) is 0 Å². The molecule has 1 aromatic heterocycles. The minimum Gasteiger partial charge on any atom is -0.282 e. The number of imide groups is 1. The summed E-state index contributed by atoms with van der Waals surface area (Å²) in [6.45, 7) is 0.256. The molecule has 0 radical (unpaired) electrons. The average molecular weight is 448 g/mol. The molecule has 11 nitrogen and oxygen atoms in total. The second kappa shape index (κ2) is 8.50. The Labute approximate surface area is 170 Å². The van der Waals surface area contributed by atoms with Gasteiger partial charge in [0.05, 0.1) is 11.9 Å². The minimum absolute atomic E-state index is 0.0176. The van der Waals surface area contributed by atoms with Gasteiger partial charge in [-0.3, -0.25) is 19.2 Å². The van der Waals surface area contributed by atoms with E-state index in [1.54, 1.807) is 7.05 Å². The molecule has 0 spiro atoms. The number of aromatic nitrogens is 2. The van der Waals surface area contributed by atoms with E-state index in [2.05, 4.69) is 5.10 Å². The van der Waals surface area contributed by atoms with Crippen molar-refractivity contribution in [2.45, 2.75) is 30.6 Å². The maximum atomic E-state index is 12.7. The summed E-state index contributed by atoms with van der Waals surface area (Å²) < 4.78 is 54.8. The molecule has 0 aliphatic carbocycles. The van der Waals surface area contributed by atoms with Gasteiger partial charge in [0.15, 0.2) is 0 Å². The zero-order valence-electron chi connectivity index (χ0n) is 16.2. The van der Waals surface area contributed by atoms with Crippen LogP contribution in [-0.4, -0.2) is 90.4 Å². The molecule has 13 heteroatoms. The lowest BCUT2D eigenvalue weighted by molar-refractivity contribution is -0.147. The van der Waals surface area contributed by atoms with Crippen LogP contribution in [0.2, 0.25) is 0 Å². The fourth-order valence-corrected chi connectivity index (χ4v) is 6.35. The molecule has 1 aromatic rings. The van der Waals surface area contributed by atoms with Gasteiger partial charge in [-0.15, -0.1) is 0 Å². The number of hydrogen-bond acceptors (Lipinski definition) is 7. The number of nitrogens with zero attached hydrogens (tertiary/aromatic N) is 5. The van der Waals surface area contributed by atoms with Crippen LogP contribution < -0.4 is 0 Å². The van der Waals surface area contributed by atoms with Crippen LogP contribution in [0.25, 0.3) is 0 Å². The van der Waals surface area contributed by atoms with Gasteiger partial charge in [0, 0.05) is 58.8 Å². The number of sulfonamides is 2. The van der Waals surface area contributed by atoms with Gasteiger partial charge in [0.1, 0.15) is 4.90 Å². The highest BCUT2D eigenvalue weighted by Gasteiger charge is 2.33. The van der Waals surface area contributed by atoms with Gasteiger partial charge in [0.2, 0.25) is 31.9 Å². The van der Waals surface area contributed by atoms with Crippen molar-refractivity contribution < 1.29 is 26.4 Å². The first kappa shape index (κ1) is 21.9. The smallest absolute Gasteiger partial charge is 0.246 e. The topological polar surface area (TPSA) is 130 Å². The van der Waals surface area contributed by atoms with Crippen molar-refractivity contribution in [2.24, 2.45) is 7.05 Å².